The molecule has 0 amide bonds. The summed E-state index contributed by atoms with van der Waals surface area (Å²) in [6.07, 6.45) is 3.60. The average Bonchev–Trinajstić information content (AvgIpc) is 3.26. The summed E-state index contributed by atoms with van der Waals surface area (Å²) in [5.74, 6) is 0. The third kappa shape index (κ3) is 2.16. The molecular formula is C20H15N3O2S. The topological polar surface area (TPSA) is 55.2 Å². The van der Waals surface area contributed by atoms with E-state index in [4.69, 9.17) is 0 Å². The van der Waals surface area contributed by atoms with Crippen molar-refractivity contribution in [2.75, 3.05) is 4.31 Å². The Bertz CT molecular complexity index is 1210. The fourth-order valence-electron chi connectivity index (χ4n) is 3.47. The van der Waals surface area contributed by atoms with Gasteiger partial charge in [-0.15, -0.1) is 0 Å². The SMILES string of the molecule is O=S1(=O)c2cccc3cccc(c23)N1Cc1ccc(-n2cccn2)cc1. The summed E-state index contributed by atoms with van der Waals surface area (Å²) >= 11 is 0. The molecule has 0 atom stereocenters. The van der Waals surface area contributed by atoms with E-state index in [1.165, 1.54) is 4.31 Å². The minimum Gasteiger partial charge on any atom is -0.261 e. The average molecular weight is 361 g/mol. The third-order valence-electron chi connectivity index (χ3n) is 4.71. The molecule has 3 aromatic carbocycles. The van der Waals surface area contributed by atoms with Crippen molar-refractivity contribution in [3.05, 3.63) is 84.7 Å². The lowest BCUT2D eigenvalue weighted by atomic mass is 10.1. The molecule has 128 valence electrons. The molecule has 1 aliphatic rings. The van der Waals surface area contributed by atoms with Crippen LogP contribution in [0.5, 0.6) is 0 Å². The number of sulfonamides is 1. The summed E-state index contributed by atoms with van der Waals surface area (Å²) in [6.45, 7) is 0.301. The molecule has 2 heterocycles. The predicted octanol–water partition coefficient (Wildman–Crippen LogP) is 3.73. The quantitative estimate of drug-likeness (QED) is 0.559. The Morgan fingerprint density at radius 2 is 1.65 bits per heavy atom. The van der Waals surface area contributed by atoms with Gasteiger partial charge in [-0.3, -0.25) is 4.31 Å². The molecule has 26 heavy (non-hydrogen) atoms. The van der Waals surface area contributed by atoms with Crippen molar-refractivity contribution in [2.24, 2.45) is 0 Å². The van der Waals surface area contributed by atoms with E-state index in [0.717, 1.165) is 27.7 Å². The lowest BCUT2D eigenvalue weighted by molar-refractivity contribution is 0.593. The van der Waals surface area contributed by atoms with Gasteiger partial charge in [-0.05, 0) is 41.3 Å². The summed E-state index contributed by atoms with van der Waals surface area (Å²) in [5, 5.41) is 5.96. The number of hydrogen-bond donors (Lipinski definition) is 0. The monoisotopic (exact) mass is 361 g/mol. The Balaban J connectivity index is 1.54. The van der Waals surface area contributed by atoms with Crippen LogP contribution in [0.1, 0.15) is 5.56 Å². The fraction of sp³-hybridized carbons (Fsp3) is 0.0500. The van der Waals surface area contributed by atoms with Gasteiger partial charge in [0.15, 0.2) is 0 Å². The lowest BCUT2D eigenvalue weighted by Crippen LogP contribution is -2.26. The Kier molecular flexibility index (Phi) is 3.17. The van der Waals surface area contributed by atoms with Gasteiger partial charge in [-0.2, -0.15) is 5.10 Å². The highest BCUT2D eigenvalue weighted by atomic mass is 32.2. The summed E-state index contributed by atoms with van der Waals surface area (Å²) in [6, 6.07) is 20.8. The predicted molar refractivity (Wildman–Crippen MR) is 101 cm³/mol. The normalized spacial score (nSPS) is 14.8. The maximum absolute atomic E-state index is 13.0. The zero-order valence-corrected chi connectivity index (χ0v) is 14.6. The van der Waals surface area contributed by atoms with Crippen molar-refractivity contribution in [1.29, 1.82) is 0 Å². The van der Waals surface area contributed by atoms with Gasteiger partial charge >= 0.3 is 0 Å². The first-order valence-electron chi connectivity index (χ1n) is 8.28. The van der Waals surface area contributed by atoms with Crippen molar-refractivity contribution in [2.45, 2.75) is 11.4 Å². The third-order valence-corrected chi connectivity index (χ3v) is 6.51. The van der Waals surface area contributed by atoms with Gasteiger partial charge in [0.25, 0.3) is 10.0 Å². The zero-order chi connectivity index (χ0) is 17.7. The molecule has 0 spiro atoms. The van der Waals surface area contributed by atoms with Crippen LogP contribution >= 0.6 is 0 Å². The molecule has 0 fully saturated rings. The molecule has 0 saturated heterocycles. The van der Waals surface area contributed by atoms with Crippen molar-refractivity contribution >= 4 is 26.5 Å². The van der Waals surface area contributed by atoms with Crippen LogP contribution < -0.4 is 4.31 Å². The van der Waals surface area contributed by atoms with E-state index in [0.29, 0.717) is 11.4 Å². The summed E-state index contributed by atoms with van der Waals surface area (Å²) in [5.41, 5.74) is 2.61. The first kappa shape index (κ1) is 15.2. The van der Waals surface area contributed by atoms with Gasteiger partial charge in [0, 0.05) is 17.8 Å². The second kappa shape index (κ2) is 5.44. The maximum Gasteiger partial charge on any atom is 0.265 e. The summed E-state index contributed by atoms with van der Waals surface area (Å²) in [4.78, 5) is 0.388. The molecule has 0 unspecified atom stereocenters. The van der Waals surface area contributed by atoms with Crippen LogP contribution in [0.15, 0.2) is 84.0 Å². The van der Waals surface area contributed by atoms with Crippen molar-refractivity contribution in [1.82, 2.24) is 9.78 Å². The summed E-state index contributed by atoms with van der Waals surface area (Å²) < 4.78 is 29.3. The van der Waals surface area contributed by atoms with E-state index in [2.05, 4.69) is 5.10 Å². The Morgan fingerprint density at radius 3 is 2.38 bits per heavy atom. The minimum absolute atomic E-state index is 0.301. The van der Waals surface area contributed by atoms with E-state index in [-0.39, 0.29) is 0 Å². The molecule has 1 aliphatic heterocycles. The highest BCUT2D eigenvalue weighted by molar-refractivity contribution is 7.93. The van der Waals surface area contributed by atoms with E-state index in [9.17, 15) is 8.42 Å². The molecule has 0 aliphatic carbocycles. The van der Waals surface area contributed by atoms with Gasteiger partial charge < -0.3 is 0 Å². The van der Waals surface area contributed by atoms with Crippen LogP contribution in [0.4, 0.5) is 5.69 Å². The lowest BCUT2D eigenvalue weighted by Gasteiger charge is -2.19. The zero-order valence-electron chi connectivity index (χ0n) is 13.8. The first-order chi connectivity index (χ1) is 12.6. The van der Waals surface area contributed by atoms with Crippen LogP contribution in [-0.4, -0.2) is 18.2 Å². The highest BCUT2D eigenvalue weighted by Gasteiger charge is 2.35. The largest absolute Gasteiger partial charge is 0.265 e. The van der Waals surface area contributed by atoms with E-state index in [1.807, 2.05) is 60.8 Å². The minimum atomic E-state index is -3.53. The summed E-state index contributed by atoms with van der Waals surface area (Å²) in [7, 11) is -3.53. The van der Waals surface area contributed by atoms with Gasteiger partial charge in [-0.1, -0.05) is 36.4 Å². The Morgan fingerprint density at radius 1 is 0.885 bits per heavy atom. The van der Waals surface area contributed by atoms with Gasteiger partial charge in [-0.25, -0.2) is 13.1 Å². The van der Waals surface area contributed by atoms with E-state index >= 15 is 0 Å². The number of hydrogen-bond acceptors (Lipinski definition) is 3. The second-order valence-corrected chi connectivity index (χ2v) is 8.09. The second-order valence-electron chi connectivity index (χ2n) is 6.26. The van der Waals surface area contributed by atoms with E-state index < -0.39 is 10.0 Å². The van der Waals surface area contributed by atoms with Gasteiger partial charge in [0.2, 0.25) is 0 Å². The molecule has 4 aromatic rings. The fourth-order valence-corrected chi connectivity index (χ4v) is 5.17. The molecule has 5 nitrogen and oxygen atoms in total. The molecule has 5 rings (SSSR count). The van der Waals surface area contributed by atoms with Crippen LogP contribution in [0.3, 0.4) is 0 Å². The Labute approximate surface area is 151 Å². The number of anilines is 1. The van der Waals surface area contributed by atoms with Gasteiger partial charge in [0.05, 0.1) is 22.8 Å². The first-order valence-corrected chi connectivity index (χ1v) is 9.72. The van der Waals surface area contributed by atoms with Gasteiger partial charge in [0.1, 0.15) is 0 Å². The molecular weight excluding hydrogens is 346 g/mol. The number of nitrogens with zero attached hydrogens (tertiary/aromatic N) is 3. The number of benzene rings is 3. The Hall–Kier alpha value is -3.12. The maximum atomic E-state index is 13.0. The molecule has 0 saturated carbocycles. The molecule has 0 bridgehead atoms. The molecule has 0 N–H and O–H groups in total. The molecule has 0 radical (unpaired) electrons. The number of rotatable bonds is 3. The van der Waals surface area contributed by atoms with Crippen molar-refractivity contribution in [3.8, 4) is 5.69 Å². The van der Waals surface area contributed by atoms with Crippen LogP contribution in [0.25, 0.3) is 16.5 Å². The van der Waals surface area contributed by atoms with E-state index in [1.54, 1.807) is 23.0 Å². The highest BCUT2D eigenvalue weighted by Crippen LogP contribution is 2.42. The van der Waals surface area contributed by atoms with Crippen LogP contribution in [0, 0.1) is 0 Å². The molecule has 6 heteroatoms. The van der Waals surface area contributed by atoms with Crippen molar-refractivity contribution < 1.29 is 8.42 Å². The smallest absolute Gasteiger partial charge is 0.261 e. The molecule has 1 aromatic heterocycles. The number of aromatic nitrogens is 2. The standard InChI is InChI=1S/C20H15N3O2S/c24-26(25)19-7-2-5-16-4-1-6-18(20(16)19)23(26)14-15-8-10-17(11-9-15)22-13-3-12-21-22/h1-13H,14H2. The van der Waals surface area contributed by atoms with Crippen LogP contribution in [-0.2, 0) is 16.6 Å². The van der Waals surface area contributed by atoms with Crippen LogP contribution in [0.2, 0.25) is 0 Å². The van der Waals surface area contributed by atoms with Crippen molar-refractivity contribution in [3.63, 3.8) is 0 Å².